The molecule has 0 spiro atoms. The lowest BCUT2D eigenvalue weighted by Crippen LogP contribution is -2.41. The van der Waals surface area contributed by atoms with Gasteiger partial charge in [0.05, 0.1) is 0 Å². The molecule has 1 unspecified atom stereocenters. The third-order valence-corrected chi connectivity index (χ3v) is 4.91. The van der Waals surface area contributed by atoms with Gasteiger partial charge in [-0.15, -0.1) is 0 Å². The van der Waals surface area contributed by atoms with Crippen molar-refractivity contribution in [2.75, 3.05) is 11.9 Å². The van der Waals surface area contributed by atoms with Crippen LogP contribution in [0.4, 0.5) is 10.5 Å². The molecule has 4 rings (SSSR count). The van der Waals surface area contributed by atoms with Gasteiger partial charge in [-0.05, 0) is 37.8 Å². The molecule has 0 bridgehead atoms. The Morgan fingerprint density at radius 2 is 1.89 bits per heavy atom. The second kappa shape index (κ2) is 7.61. The quantitative estimate of drug-likeness (QED) is 0.726. The number of urea groups is 1. The van der Waals surface area contributed by atoms with Crippen LogP contribution in [0.5, 0.6) is 0 Å². The number of anilines is 1. The molecule has 0 saturated carbocycles. The van der Waals surface area contributed by atoms with Crippen LogP contribution in [0.1, 0.15) is 36.8 Å². The lowest BCUT2D eigenvalue weighted by Gasteiger charge is -2.33. The Hall–Kier alpha value is -3.15. The molecule has 138 valence electrons. The first-order valence-electron chi connectivity index (χ1n) is 9.24. The number of nitrogens with zero attached hydrogens (tertiary/aromatic N) is 3. The van der Waals surface area contributed by atoms with Crippen LogP contribution in [-0.4, -0.2) is 27.6 Å². The predicted octanol–water partition coefficient (Wildman–Crippen LogP) is 4.80. The number of rotatable bonds is 3. The molecule has 1 fully saturated rings. The number of para-hydroxylation sites is 1. The minimum atomic E-state index is -0.201. The number of carbonyl (C=O) groups is 1. The molecule has 1 saturated heterocycles. The van der Waals surface area contributed by atoms with E-state index in [0.29, 0.717) is 18.3 Å². The van der Waals surface area contributed by atoms with Crippen molar-refractivity contribution in [3.63, 3.8) is 0 Å². The number of hydrogen-bond donors (Lipinski definition) is 1. The Kier molecular flexibility index (Phi) is 4.87. The molecule has 0 aliphatic carbocycles. The fourth-order valence-electron chi connectivity index (χ4n) is 3.41. The van der Waals surface area contributed by atoms with Crippen molar-refractivity contribution in [1.29, 1.82) is 0 Å². The zero-order valence-electron chi connectivity index (χ0n) is 15.3. The maximum atomic E-state index is 12.9. The van der Waals surface area contributed by atoms with Gasteiger partial charge in [0.1, 0.15) is 6.04 Å². The van der Waals surface area contributed by atoms with Crippen LogP contribution in [0.15, 0.2) is 59.1 Å². The molecular formula is C21H22N4O2. The van der Waals surface area contributed by atoms with Gasteiger partial charge in [-0.2, -0.15) is 4.98 Å². The number of carbonyl (C=O) groups excluding carboxylic acids is 1. The van der Waals surface area contributed by atoms with Gasteiger partial charge in [-0.3, -0.25) is 0 Å². The van der Waals surface area contributed by atoms with Crippen LogP contribution in [0.3, 0.4) is 0 Å². The van der Waals surface area contributed by atoms with Gasteiger partial charge >= 0.3 is 6.03 Å². The van der Waals surface area contributed by atoms with E-state index in [1.54, 1.807) is 4.90 Å². The first-order valence-corrected chi connectivity index (χ1v) is 9.24. The molecule has 27 heavy (non-hydrogen) atoms. The van der Waals surface area contributed by atoms with E-state index < -0.39 is 0 Å². The zero-order chi connectivity index (χ0) is 18.6. The molecule has 6 heteroatoms. The average Bonchev–Trinajstić information content (AvgIpc) is 3.20. The smallest absolute Gasteiger partial charge is 0.322 e. The Balaban J connectivity index is 1.55. The summed E-state index contributed by atoms with van der Waals surface area (Å²) in [7, 11) is 0. The van der Waals surface area contributed by atoms with E-state index in [9.17, 15) is 4.79 Å². The van der Waals surface area contributed by atoms with E-state index in [0.717, 1.165) is 36.1 Å². The lowest BCUT2D eigenvalue weighted by atomic mass is 10.0. The number of hydrogen-bond acceptors (Lipinski definition) is 4. The van der Waals surface area contributed by atoms with Gasteiger partial charge in [0, 0.05) is 17.8 Å². The minimum absolute atomic E-state index is 0.131. The number of piperidine rings is 1. The third kappa shape index (κ3) is 3.69. The van der Waals surface area contributed by atoms with E-state index in [4.69, 9.17) is 4.52 Å². The first-order chi connectivity index (χ1) is 13.2. The highest BCUT2D eigenvalue weighted by molar-refractivity contribution is 5.90. The van der Waals surface area contributed by atoms with Crippen molar-refractivity contribution < 1.29 is 9.32 Å². The van der Waals surface area contributed by atoms with E-state index in [-0.39, 0.29) is 12.1 Å². The molecule has 1 N–H and O–H groups in total. The van der Waals surface area contributed by atoms with Gasteiger partial charge in [0.15, 0.2) is 0 Å². The topological polar surface area (TPSA) is 71.3 Å². The van der Waals surface area contributed by atoms with Crippen molar-refractivity contribution in [2.45, 2.75) is 32.2 Å². The second-order valence-corrected chi connectivity index (χ2v) is 6.77. The molecule has 2 aromatic carbocycles. The van der Waals surface area contributed by atoms with Crippen molar-refractivity contribution in [2.24, 2.45) is 0 Å². The molecule has 2 amide bonds. The predicted molar refractivity (Wildman–Crippen MR) is 103 cm³/mol. The number of likely N-dealkylation sites (tertiary alicyclic amines) is 1. The van der Waals surface area contributed by atoms with Gasteiger partial charge in [0.25, 0.3) is 0 Å². The standard InChI is InChI=1S/C21H22N4O2/c1-15-9-5-6-12-17(15)22-21(26)25-14-8-7-13-18(25)20-23-19(24-27-20)16-10-3-2-4-11-16/h2-6,9-12,18H,7-8,13-14H2,1H3,(H,22,26). The number of aromatic nitrogens is 2. The summed E-state index contributed by atoms with van der Waals surface area (Å²) in [6.07, 6.45) is 2.82. The first kappa shape index (κ1) is 17.3. The van der Waals surface area contributed by atoms with E-state index in [2.05, 4.69) is 15.5 Å². The van der Waals surface area contributed by atoms with E-state index in [1.807, 2.05) is 61.5 Å². The number of nitrogens with one attached hydrogen (secondary N) is 1. The van der Waals surface area contributed by atoms with E-state index in [1.165, 1.54) is 0 Å². The summed E-state index contributed by atoms with van der Waals surface area (Å²) in [6.45, 7) is 2.65. The molecule has 1 aliphatic heterocycles. The summed E-state index contributed by atoms with van der Waals surface area (Å²) in [6, 6.07) is 17.1. The number of amides is 2. The maximum absolute atomic E-state index is 12.9. The fourth-order valence-corrected chi connectivity index (χ4v) is 3.41. The van der Waals surface area contributed by atoms with E-state index >= 15 is 0 Å². The van der Waals surface area contributed by atoms with Crippen molar-refractivity contribution >= 4 is 11.7 Å². The van der Waals surface area contributed by atoms with Crippen LogP contribution < -0.4 is 5.32 Å². The molecule has 2 heterocycles. The summed E-state index contributed by atoms with van der Waals surface area (Å²) >= 11 is 0. The summed E-state index contributed by atoms with van der Waals surface area (Å²) in [5.74, 6) is 1.05. The highest BCUT2D eigenvalue weighted by atomic mass is 16.5. The highest BCUT2D eigenvalue weighted by Gasteiger charge is 2.32. The monoisotopic (exact) mass is 362 g/mol. The molecule has 1 aromatic heterocycles. The lowest BCUT2D eigenvalue weighted by molar-refractivity contribution is 0.142. The van der Waals surface area contributed by atoms with Crippen LogP contribution >= 0.6 is 0 Å². The Labute approximate surface area is 158 Å². The van der Waals surface area contributed by atoms with Crippen LogP contribution in [-0.2, 0) is 0 Å². The average molecular weight is 362 g/mol. The van der Waals surface area contributed by atoms with Gasteiger partial charge in [-0.1, -0.05) is 53.7 Å². The Bertz CT molecular complexity index is 923. The fraction of sp³-hybridized carbons (Fsp3) is 0.286. The van der Waals surface area contributed by atoms with Crippen LogP contribution in [0, 0.1) is 6.92 Å². The van der Waals surface area contributed by atoms with Gasteiger partial charge < -0.3 is 14.7 Å². The maximum Gasteiger partial charge on any atom is 0.322 e. The van der Waals surface area contributed by atoms with Crippen molar-refractivity contribution in [1.82, 2.24) is 15.0 Å². The molecule has 0 radical (unpaired) electrons. The number of benzene rings is 2. The van der Waals surface area contributed by atoms with Crippen molar-refractivity contribution in [3.8, 4) is 11.4 Å². The van der Waals surface area contributed by atoms with Gasteiger partial charge in [-0.25, -0.2) is 4.79 Å². The summed E-state index contributed by atoms with van der Waals surface area (Å²) in [4.78, 5) is 19.3. The minimum Gasteiger partial charge on any atom is -0.337 e. The van der Waals surface area contributed by atoms with Crippen molar-refractivity contribution in [3.05, 3.63) is 66.1 Å². The summed E-state index contributed by atoms with van der Waals surface area (Å²) < 4.78 is 5.53. The highest BCUT2D eigenvalue weighted by Crippen LogP contribution is 2.31. The summed E-state index contributed by atoms with van der Waals surface area (Å²) in [5.41, 5.74) is 2.75. The third-order valence-electron chi connectivity index (χ3n) is 4.91. The van der Waals surface area contributed by atoms with Crippen LogP contribution in [0.2, 0.25) is 0 Å². The van der Waals surface area contributed by atoms with Gasteiger partial charge in [0.2, 0.25) is 11.7 Å². The molecule has 1 aliphatic rings. The zero-order valence-corrected chi connectivity index (χ0v) is 15.3. The Morgan fingerprint density at radius 1 is 1.11 bits per heavy atom. The molecule has 1 atom stereocenters. The summed E-state index contributed by atoms with van der Waals surface area (Å²) in [5, 5.41) is 7.12. The van der Waals surface area contributed by atoms with Crippen LogP contribution in [0.25, 0.3) is 11.4 Å². The SMILES string of the molecule is Cc1ccccc1NC(=O)N1CCCCC1c1nc(-c2ccccc2)no1. The molecule has 6 nitrogen and oxygen atoms in total. The molecule has 3 aromatic rings. The second-order valence-electron chi connectivity index (χ2n) is 6.77. The number of aryl methyl sites for hydroxylation is 1. The largest absolute Gasteiger partial charge is 0.337 e. The Morgan fingerprint density at radius 3 is 2.70 bits per heavy atom. The molecular weight excluding hydrogens is 340 g/mol. The normalized spacial score (nSPS) is 16.9.